The Labute approximate surface area is 230 Å². The van der Waals surface area contributed by atoms with Crippen molar-refractivity contribution >= 4 is 23.4 Å². The Bertz CT molecular complexity index is 1470. The van der Waals surface area contributed by atoms with E-state index in [4.69, 9.17) is 25.8 Å². The lowest BCUT2D eigenvalue weighted by Gasteiger charge is -2.26. The minimum atomic E-state index is -0.859. The van der Waals surface area contributed by atoms with Crippen LogP contribution < -0.4 is 19.9 Å². The summed E-state index contributed by atoms with van der Waals surface area (Å²) in [6.07, 6.45) is 1.28. The van der Waals surface area contributed by atoms with E-state index in [1.54, 1.807) is 26.0 Å². The van der Waals surface area contributed by atoms with Gasteiger partial charge in [0.2, 0.25) is 0 Å². The van der Waals surface area contributed by atoms with E-state index < -0.39 is 17.3 Å². The Balaban J connectivity index is 1.86. The number of carbonyl (C=O) groups is 1. The largest absolute Gasteiger partial charge is 0.497 e. The number of anilines is 1. The Morgan fingerprint density at radius 1 is 0.949 bits per heavy atom. The molecule has 0 aliphatic heterocycles. The standard InChI is InChI=1S/C29H27ClFN3O5/c1-18-13-21(31)14-24(30)26(18)34-17-32-27(25(28(34)35)29(36)39-4)33(15-19-5-9-22(37-2)10-6-19)16-20-7-11-23(38-3)12-8-20/h5-14,17H,15-16H2,1-4H3. The Morgan fingerprint density at radius 2 is 1.49 bits per heavy atom. The van der Waals surface area contributed by atoms with Crippen LogP contribution >= 0.6 is 11.6 Å². The van der Waals surface area contributed by atoms with Crippen LogP contribution in [-0.4, -0.2) is 36.8 Å². The van der Waals surface area contributed by atoms with Gasteiger partial charge in [-0.05, 0) is 60.0 Å². The van der Waals surface area contributed by atoms with E-state index >= 15 is 0 Å². The van der Waals surface area contributed by atoms with Crippen LogP contribution in [0.1, 0.15) is 27.0 Å². The molecule has 0 bridgehead atoms. The Hall–Kier alpha value is -4.37. The van der Waals surface area contributed by atoms with Gasteiger partial charge in [-0.15, -0.1) is 0 Å². The minimum absolute atomic E-state index is 0.00767. The fourth-order valence-electron chi connectivity index (χ4n) is 4.23. The first kappa shape index (κ1) is 27.7. The van der Waals surface area contributed by atoms with E-state index in [2.05, 4.69) is 4.98 Å². The van der Waals surface area contributed by atoms with Crippen molar-refractivity contribution in [3.63, 3.8) is 0 Å². The first-order chi connectivity index (χ1) is 18.7. The summed E-state index contributed by atoms with van der Waals surface area (Å²) in [5.74, 6) is 0.121. The van der Waals surface area contributed by atoms with Crippen molar-refractivity contribution in [2.24, 2.45) is 0 Å². The van der Waals surface area contributed by atoms with Gasteiger partial charge in [0.15, 0.2) is 11.4 Å². The summed E-state index contributed by atoms with van der Waals surface area (Å²) in [4.78, 5) is 33.1. The van der Waals surface area contributed by atoms with Gasteiger partial charge < -0.3 is 19.1 Å². The van der Waals surface area contributed by atoms with Gasteiger partial charge in [-0.3, -0.25) is 9.36 Å². The second-order valence-corrected chi connectivity index (χ2v) is 9.12. The van der Waals surface area contributed by atoms with Crippen LogP contribution in [0, 0.1) is 12.7 Å². The van der Waals surface area contributed by atoms with Gasteiger partial charge >= 0.3 is 5.97 Å². The number of esters is 1. The molecule has 0 fully saturated rings. The summed E-state index contributed by atoms with van der Waals surface area (Å²) >= 11 is 6.30. The van der Waals surface area contributed by atoms with Crippen LogP contribution in [0.15, 0.2) is 71.8 Å². The van der Waals surface area contributed by atoms with Crippen molar-refractivity contribution in [1.29, 1.82) is 0 Å². The summed E-state index contributed by atoms with van der Waals surface area (Å²) in [6, 6.07) is 17.2. The van der Waals surface area contributed by atoms with E-state index in [9.17, 15) is 14.0 Å². The molecule has 0 saturated carbocycles. The average molecular weight is 552 g/mol. The van der Waals surface area contributed by atoms with Gasteiger partial charge in [0.1, 0.15) is 23.6 Å². The zero-order chi connectivity index (χ0) is 28.1. The lowest BCUT2D eigenvalue weighted by Crippen LogP contribution is -2.33. The molecule has 0 atom stereocenters. The molecule has 0 spiro atoms. The third-order valence-corrected chi connectivity index (χ3v) is 6.45. The number of aromatic nitrogens is 2. The first-order valence-electron chi connectivity index (χ1n) is 11.9. The lowest BCUT2D eigenvalue weighted by molar-refractivity contribution is 0.0598. The van der Waals surface area contributed by atoms with E-state index in [1.807, 2.05) is 48.5 Å². The zero-order valence-electron chi connectivity index (χ0n) is 21.9. The van der Waals surface area contributed by atoms with Crippen molar-refractivity contribution < 1.29 is 23.4 Å². The molecular weight excluding hydrogens is 525 g/mol. The highest BCUT2D eigenvalue weighted by Gasteiger charge is 2.26. The first-order valence-corrected chi connectivity index (χ1v) is 12.3. The van der Waals surface area contributed by atoms with Crippen LogP contribution in [-0.2, 0) is 17.8 Å². The summed E-state index contributed by atoms with van der Waals surface area (Å²) < 4.78 is 30.5. The topological polar surface area (TPSA) is 82.9 Å². The number of carbonyl (C=O) groups excluding carboxylic acids is 1. The third kappa shape index (κ3) is 6.04. The smallest absolute Gasteiger partial charge is 0.347 e. The summed E-state index contributed by atoms with van der Waals surface area (Å²) in [6.45, 7) is 2.24. The fourth-order valence-corrected chi connectivity index (χ4v) is 4.58. The highest BCUT2D eigenvalue weighted by molar-refractivity contribution is 6.32. The number of benzene rings is 3. The monoisotopic (exact) mass is 551 g/mol. The van der Waals surface area contributed by atoms with Crippen molar-refractivity contribution in [2.75, 3.05) is 26.2 Å². The quantitative estimate of drug-likeness (QED) is 0.259. The van der Waals surface area contributed by atoms with Gasteiger partial charge in [0.05, 0.1) is 32.0 Å². The minimum Gasteiger partial charge on any atom is -0.497 e. The van der Waals surface area contributed by atoms with Crippen LogP contribution in [0.25, 0.3) is 5.69 Å². The lowest BCUT2D eigenvalue weighted by atomic mass is 10.1. The fraction of sp³-hybridized carbons (Fsp3) is 0.207. The highest BCUT2D eigenvalue weighted by atomic mass is 35.5. The van der Waals surface area contributed by atoms with Crippen molar-refractivity contribution in [2.45, 2.75) is 20.0 Å². The van der Waals surface area contributed by atoms with Crippen molar-refractivity contribution in [1.82, 2.24) is 9.55 Å². The Kier molecular flexibility index (Phi) is 8.51. The van der Waals surface area contributed by atoms with Gasteiger partial charge in [0, 0.05) is 13.1 Å². The maximum Gasteiger partial charge on any atom is 0.347 e. The molecule has 0 radical (unpaired) electrons. The summed E-state index contributed by atoms with van der Waals surface area (Å²) in [5.41, 5.74) is 1.44. The second kappa shape index (κ2) is 12.0. The average Bonchev–Trinajstić information content (AvgIpc) is 2.93. The Morgan fingerprint density at radius 3 is 1.95 bits per heavy atom. The number of methoxy groups -OCH3 is 3. The van der Waals surface area contributed by atoms with Gasteiger partial charge in [-0.2, -0.15) is 0 Å². The number of aryl methyl sites for hydroxylation is 1. The molecule has 4 aromatic rings. The predicted molar refractivity (Wildman–Crippen MR) is 147 cm³/mol. The van der Waals surface area contributed by atoms with Gasteiger partial charge in [-0.25, -0.2) is 14.2 Å². The third-order valence-electron chi connectivity index (χ3n) is 6.17. The molecule has 0 aliphatic carbocycles. The summed E-state index contributed by atoms with van der Waals surface area (Å²) in [7, 11) is 4.36. The predicted octanol–water partition coefficient (Wildman–Crippen LogP) is 5.34. The maximum atomic E-state index is 13.9. The maximum absolute atomic E-state index is 13.9. The molecule has 10 heteroatoms. The molecule has 0 amide bonds. The van der Waals surface area contributed by atoms with Crippen LogP contribution in [0.3, 0.4) is 0 Å². The van der Waals surface area contributed by atoms with Crippen LogP contribution in [0.2, 0.25) is 5.02 Å². The number of hydrogen-bond donors (Lipinski definition) is 0. The molecule has 0 saturated heterocycles. The highest BCUT2D eigenvalue weighted by Crippen LogP contribution is 2.27. The van der Waals surface area contributed by atoms with Gasteiger partial charge in [0.25, 0.3) is 5.56 Å². The SMILES string of the molecule is COC(=O)c1c(N(Cc2ccc(OC)cc2)Cc2ccc(OC)cc2)ncn(-c2c(C)cc(F)cc2Cl)c1=O. The molecule has 4 rings (SSSR count). The van der Waals surface area contributed by atoms with E-state index in [1.165, 1.54) is 19.5 Å². The number of hydrogen-bond acceptors (Lipinski definition) is 7. The number of halogens is 2. The molecule has 0 aliphatic rings. The zero-order valence-corrected chi connectivity index (χ0v) is 22.7. The number of ether oxygens (including phenoxy) is 3. The number of rotatable bonds is 9. The molecular formula is C29H27ClFN3O5. The summed E-state index contributed by atoms with van der Waals surface area (Å²) in [5, 5.41) is 0.00767. The number of nitrogens with zero attached hydrogens (tertiary/aromatic N) is 3. The van der Waals surface area contributed by atoms with Crippen molar-refractivity contribution in [3.8, 4) is 17.2 Å². The molecule has 1 aromatic heterocycles. The van der Waals surface area contributed by atoms with Crippen LogP contribution in [0.4, 0.5) is 10.2 Å². The molecule has 3 aromatic carbocycles. The molecule has 1 heterocycles. The van der Waals surface area contributed by atoms with E-state index in [-0.39, 0.29) is 22.1 Å². The molecule has 202 valence electrons. The van der Waals surface area contributed by atoms with Crippen LogP contribution in [0.5, 0.6) is 11.5 Å². The molecule has 0 N–H and O–H groups in total. The molecule has 0 unspecified atom stereocenters. The molecule has 39 heavy (non-hydrogen) atoms. The molecule has 8 nitrogen and oxygen atoms in total. The second-order valence-electron chi connectivity index (χ2n) is 8.72. The van der Waals surface area contributed by atoms with Gasteiger partial charge in [-0.1, -0.05) is 35.9 Å². The normalized spacial score (nSPS) is 10.7. The van der Waals surface area contributed by atoms with E-state index in [0.717, 1.165) is 21.8 Å². The van der Waals surface area contributed by atoms with E-state index in [0.29, 0.717) is 30.2 Å². The van der Waals surface area contributed by atoms with Crippen molar-refractivity contribution in [3.05, 3.63) is 110 Å².